The predicted molar refractivity (Wildman–Crippen MR) is 76.9 cm³/mol. The molecule has 1 atom stereocenters. The molecule has 104 valence electrons. The van der Waals surface area contributed by atoms with Gasteiger partial charge in [0.05, 0.1) is 18.2 Å². The van der Waals surface area contributed by atoms with E-state index in [1.807, 2.05) is 18.2 Å². The largest absolute Gasteiger partial charge is 0.496 e. The van der Waals surface area contributed by atoms with Crippen molar-refractivity contribution in [3.63, 3.8) is 0 Å². The van der Waals surface area contributed by atoms with E-state index in [2.05, 4.69) is 10.3 Å². The molecule has 3 rings (SSSR count). The number of rotatable bonds is 3. The van der Waals surface area contributed by atoms with E-state index < -0.39 is 5.82 Å². The van der Waals surface area contributed by atoms with Crippen molar-refractivity contribution < 1.29 is 9.13 Å². The van der Waals surface area contributed by atoms with Gasteiger partial charge in [0.25, 0.3) is 0 Å². The summed E-state index contributed by atoms with van der Waals surface area (Å²) in [6, 6.07) is 7.24. The normalized spacial score (nSPS) is 16.9. The molecule has 0 saturated carbocycles. The third-order valence-corrected chi connectivity index (χ3v) is 3.77. The Labute approximate surface area is 121 Å². The van der Waals surface area contributed by atoms with Crippen LogP contribution in [0, 0.1) is 5.82 Å². The van der Waals surface area contributed by atoms with Crippen molar-refractivity contribution in [1.29, 1.82) is 0 Å². The molecular formula is C15H14ClFN2O. The highest BCUT2D eigenvalue weighted by molar-refractivity contribution is 6.30. The number of hydrogen-bond acceptors (Lipinski definition) is 3. The van der Waals surface area contributed by atoms with Gasteiger partial charge in [0.2, 0.25) is 0 Å². The van der Waals surface area contributed by atoms with Crippen LogP contribution in [0.5, 0.6) is 5.75 Å². The average molecular weight is 293 g/mol. The fourth-order valence-electron chi connectivity index (χ4n) is 2.65. The number of pyridine rings is 1. The van der Waals surface area contributed by atoms with E-state index in [9.17, 15) is 4.39 Å². The van der Waals surface area contributed by atoms with Crippen molar-refractivity contribution in [3.8, 4) is 5.75 Å². The van der Waals surface area contributed by atoms with Crippen LogP contribution in [0.2, 0.25) is 5.02 Å². The first-order valence-electron chi connectivity index (χ1n) is 6.42. The van der Waals surface area contributed by atoms with E-state index in [-0.39, 0.29) is 11.9 Å². The van der Waals surface area contributed by atoms with Crippen LogP contribution >= 0.6 is 11.6 Å². The zero-order valence-electron chi connectivity index (χ0n) is 11.0. The lowest BCUT2D eigenvalue weighted by Gasteiger charge is -2.15. The highest BCUT2D eigenvalue weighted by Crippen LogP contribution is 2.38. The molecule has 1 aromatic carbocycles. The summed E-state index contributed by atoms with van der Waals surface area (Å²) < 4.78 is 19.2. The maximum Gasteiger partial charge on any atom is 0.166 e. The molecule has 0 fully saturated rings. The molecular weight excluding hydrogens is 279 g/mol. The van der Waals surface area contributed by atoms with E-state index in [1.54, 1.807) is 7.11 Å². The molecule has 1 N–H and O–H groups in total. The van der Waals surface area contributed by atoms with Gasteiger partial charge in [0.1, 0.15) is 5.75 Å². The Hall–Kier alpha value is -1.81. The lowest BCUT2D eigenvalue weighted by atomic mass is 10.1. The number of benzene rings is 1. The number of nitrogens with one attached hydrogen (secondary N) is 1. The summed E-state index contributed by atoms with van der Waals surface area (Å²) in [5.74, 6) is 0.681. The maximum absolute atomic E-state index is 13.8. The zero-order valence-corrected chi connectivity index (χ0v) is 11.7. The summed E-state index contributed by atoms with van der Waals surface area (Å²) in [6.45, 7) is 0. The number of hydrogen-bond donors (Lipinski definition) is 1. The second-order valence-electron chi connectivity index (χ2n) is 4.75. The number of fused-ring (bicyclic) bond motifs is 1. The molecule has 20 heavy (non-hydrogen) atoms. The lowest BCUT2D eigenvalue weighted by molar-refractivity contribution is 0.410. The van der Waals surface area contributed by atoms with E-state index in [0.717, 1.165) is 24.2 Å². The molecule has 0 amide bonds. The maximum atomic E-state index is 13.8. The Morgan fingerprint density at radius 1 is 1.45 bits per heavy atom. The minimum atomic E-state index is -0.436. The number of methoxy groups -OCH3 is 1. The minimum Gasteiger partial charge on any atom is -0.496 e. The van der Waals surface area contributed by atoms with Crippen LogP contribution in [0.15, 0.2) is 30.5 Å². The van der Waals surface area contributed by atoms with Gasteiger partial charge in [-0.1, -0.05) is 23.7 Å². The second-order valence-corrected chi connectivity index (χ2v) is 5.18. The van der Waals surface area contributed by atoms with Gasteiger partial charge in [0.15, 0.2) is 11.6 Å². The number of ether oxygens (including phenoxy) is 1. The molecule has 2 aromatic rings. The van der Waals surface area contributed by atoms with Crippen LogP contribution in [-0.2, 0) is 6.42 Å². The summed E-state index contributed by atoms with van der Waals surface area (Å²) in [7, 11) is 1.66. The molecule has 1 heterocycles. The molecule has 0 spiro atoms. The molecule has 0 radical (unpaired) electrons. The van der Waals surface area contributed by atoms with Crippen molar-refractivity contribution in [2.75, 3.05) is 12.4 Å². The van der Waals surface area contributed by atoms with E-state index in [1.165, 1.54) is 17.8 Å². The summed E-state index contributed by atoms with van der Waals surface area (Å²) >= 11 is 5.71. The van der Waals surface area contributed by atoms with Crippen molar-refractivity contribution in [3.05, 3.63) is 52.4 Å². The van der Waals surface area contributed by atoms with Crippen molar-refractivity contribution in [2.45, 2.75) is 18.9 Å². The smallest absolute Gasteiger partial charge is 0.166 e. The average Bonchev–Trinajstić information content (AvgIpc) is 2.85. The fourth-order valence-corrected chi connectivity index (χ4v) is 2.79. The monoisotopic (exact) mass is 292 g/mol. The quantitative estimate of drug-likeness (QED) is 0.929. The number of halogens is 2. The Balaban J connectivity index is 1.88. The van der Waals surface area contributed by atoms with Gasteiger partial charge >= 0.3 is 0 Å². The molecule has 0 bridgehead atoms. The van der Waals surface area contributed by atoms with E-state index >= 15 is 0 Å². The molecule has 1 aromatic heterocycles. The molecule has 1 aliphatic carbocycles. The van der Waals surface area contributed by atoms with Crippen molar-refractivity contribution in [1.82, 2.24) is 4.98 Å². The number of aromatic nitrogens is 1. The second kappa shape index (κ2) is 5.29. The Morgan fingerprint density at radius 3 is 3.05 bits per heavy atom. The molecule has 1 unspecified atom stereocenters. The highest BCUT2D eigenvalue weighted by atomic mass is 35.5. The molecule has 3 nitrogen and oxygen atoms in total. The van der Waals surface area contributed by atoms with Crippen LogP contribution < -0.4 is 10.1 Å². The standard InChI is InChI=1S/C15H14ClFN2O/c1-20-14-4-2-3-10-11(14)5-6-13(10)19-15-12(17)7-9(16)8-18-15/h2-4,7-8,13H,5-6H2,1H3,(H,18,19). The molecule has 0 aliphatic heterocycles. The minimum absolute atomic E-state index is 0.0447. The van der Waals surface area contributed by atoms with Gasteiger partial charge in [0, 0.05) is 6.20 Å². The number of anilines is 1. The summed E-state index contributed by atoms with van der Waals surface area (Å²) in [6.07, 6.45) is 3.24. The fraction of sp³-hybridized carbons (Fsp3) is 0.267. The number of nitrogens with zero attached hydrogens (tertiary/aromatic N) is 1. The Morgan fingerprint density at radius 2 is 2.30 bits per heavy atom. The van der Waals surface area contributed by atoms with Crippen LogP contribution in [0.1, 0.15) is 23.6 Å². The van der Waals surface area contributed by atoms with Crippen LogP contribution in [0.25, 0.3) is 0 Å². The van der Waals surface area contributed by atoms with Crippen LogP contribution in [0.4, 0.5) is 10.2 Å². The summed E-state index contributed by atoms with van der Waals surface area (Å²) in [5.41, 5.74) is 2.32. The van der Waals surface area contributed by atoms with Crippen LogP contribution in [0.3, 0.4) is 0 Å². The zero-order chi connectivity index (χ0) is 14.1. The SMILES string of the molecule is COc1cccc2c1CCC2Nc1ncc(Cl)cc1F. The first-order chi connectivity index (χ1) is 9.69. The topological polar surface area (TPSA) is 34.1 Å². The summed E-state index contributed by atoms with van der Waals surface area (Å²) in [5, 5.41) is 3.44. The molecule has 5 heteroatoms. The summed E-state index contributed by atoms with van der Waals surface area (Å²) in [4.78, 5) is 4.01. The lowest BCUT2D eigenvalue weighted by Crippen LogP contribution is -2.10. The van der Waals surface area contributed by atoms with E-state index in [0.29, 0.717) is 5.02 Å². The van der Waals surface area contributed by atoms with E-state index in [4.69, 9.17) is 16.3 Å². The third-order valence-electron chi connectivity index (χ3n) is 3.57. The van der Waals surface area contributed by atoms with Gasteiger partial charge in [-0.3, -0.25) is 0 Å². The van der Waals surface area contributed by atoms with Gasteiger partial charge in [-0.05, 0) is 36.1 Å². The first kappa shape index (κ1) is 13.2. The van der Waals surface area contributed by atoms with Gasteiger partial charge in [-0.25, -0.2) is 9.37 Å². The van der Waals surface area contributed by atoms with Crippen molar-refractivity contribution >= 4 is 17.4 Å². The Bertz CT molecular complexity index is 648. The molecule has 1 aliphatic rings. The van der Waals surface area contributed by atoms with Crippen molar-refractivity contribution in [2.24, 2.45) is 0 Å². The predicted octanol–water partition coefficient (Wildman–Crippen LogP) is 3.98. The highest BCUT2D eigenvalue weighted by Gasteiger charge is 2.25. The van der Waals surface area contributed by atoms with Gasteiger partial charge < -0.3 is 10.1 Å². The first-order valence-corrected chi connectivity index (χ1v) is 6.80. The van der Waals surface area contributed by atoms with Crippen LogP contribution in [-0.4, -0.2) is 12.1 Å². The third kappa shape index (κ3) is 2.31. The molecule has 0 saturated heterocycles. The Kier molecular flexibility index (Phi) is 3.49. The van der Waals surface area contributed by atoms with Gasteiger partial charge in [-0.2, -0.15) is 0 Å². The van der Waals surface area contributed by atoms with Gasteiger partial charge in [-0.15, -0.1) is 0 Å².